The van der Waals surface area contributed by atoms with Crippen LogP contribution in [0.2, 0.25) is 0 Å². The molecule has 1 heterocycles. The van der Waals surface area contributed by atoms with Gasteiger partial charge in [0.2, 0.25) is 0 Å². The van der Waals surface area contributed by atoms with E-state index in [2.05, 4.69) is 5.10 Å². The lowest BCUT2D eigenvalue weighted by Crippen LogP contribution is -2.03. The fourth-order valence-electron chi connectivity index (χ4n) is 1.69. The molecule has 2 rings (SSSR count). The van der Waals surface area contributed by atoms with Crippen LogP contribution in [-0.4, -0.2) is 10.8 Å². The molecule has 0 aliphatic heterocycles. The molecule has 3 nitrogen and oxygen atoms in total. The number of halogens is 3. The van der Waals surface area contributed by atoms with E-state index < -0.39 is 11.7 Å². The van der Waals surface area contributed by atoms with E-state index in [1.807, 2.05) is 0 Å². The molecule has 0 saturated heterocycles. The summed E-state index contributed by atoms with van der Waals surface area (Å²) in [5, 5.41) is 15.2. The van der Waals surface area contributed by atoms with Crippen molar-refractivity contribution in [2.24, 2.45) is 10.9 Å². The molecule has 0 atom stereocenters. The molecule has 0 spiro atoms. The van der Waals surface area contributed by atoms with Gasteiger partial charge in [-0.25, -0.2) is 0 Å². The van der Waals surface area contributed by atoms with E-state index >= 15 is 0 Å². The van der Waals surface area contributed by atoms with Crippen molar-refractivity contribution < 1.29 is 18.3 Å². The second-order valence-corrected chi connectivity index (χ2v) is 5.00. The fraction of sp³-hybridized carbons (Fsp3) is 0.154. The Balaban J connectivity index is 2.41. The summed E-state index contributed by atoms with van der Waals surface area (Å²) >= 11 is 1.22. The first-order valence-electron chi connectivity index (χ1n) is 5.57. The molecule has 7 heteroatoms. The van der Waals surface area contributed by atoms with Gasteiger partial charge in [0.05, 0.1) is 21.7 Å². The van der Waals surface area contributed by atoms with Gasteiger partial charge in [-0.3, -0.25) is 0 Å². The van der Waals surface area contributed by atoms with E-state index in [0.29, 0.717) is 21.7 Å². The number of nitrogens with zero attached hydrogens (tertiary/aromatic N) is 1. The molecule has 0 aliphatic carbocycles. The van der Waals surface area contributed by atoms with Crippen LogP contribution >= 0.6 is 11.3 Å². The van der Waals surface area contributed by atoms with Crippen molar-refractivity contribution in [2.45, 2.75) is 13.1 Å². The van der Waals surface area contributed by atoms with E-state index in [9.17, 15) is 18.3 Å². The lowest BCUT2D eigenvalue weighted by atomic mass is 10.1. The minimum Gasteiger partial charge on any atom is -0.506 e. The Morgan fingerprint density at radius 1 is 1.25 bits per heavy atom. The minimum absolute atomic E-state index is 0.0264. The highest BCUT2D eigenvalue weighted by Crippen LogP contribution is 2.39. The average molecular weight is 300 g/mol. The molecule has 1 aromatic carbocycles. The largest absolute Gasteiger partial charge is 0.506 e. The molecule has 0 aliphatic rings. The summed E-state index contributed by atoms with van der Waals surface area (Å²) in [4.78, 5) is 0.483. The molecule has 3 N–H and O–H groups in total. The van der Waals surface area contributed by atoms with E-state index in [-0.39, 0.29) is 5.75 Å². The summed E-state index contributed by atoms with van der Waals surface area (Å²) < 4.78 is 37.4. The molecule has 1 aromatic heterocycles. The van der Waals surface area contributed by atoms with Crippen LogP contribution < -0.4 is 5.84 Å². The molecule has 0 amide bonds. The van der Waals surface area contributed by atoms with Gasteiger partial charge in [-0.2, -0.15) is 18.3 Å². The Bertz CT molecular complexity index is 645. The Morgan fingerprint density at radius 2 is 1.85 bits per heavy atom. The van der Waals surface area contributed by atoms with E-state index in [0.717, 1.165) is 12.1 Å². The molecular formula is C13H11F3N2OS. The van der Waals surface area contributed by atoms with Crippen LogP contribution in [0.15, 0.2) is 34.7 Å². The number of thiophene rings is 1. The van der Waals surface area contributed by atoms with Crippen LogP contribution in [0, 0.1) is 0 Å². The SMILES string of the molecule is CC(=NN)c1csc(-c2ccc(C(F)(F)F)cc2)c1O. The topological polar surface area (TPSA) is 58.6 Å². The molecular weight excluding hydrogens is 289 g/mol. The second kappa shape index (κ2) is 5.16. The Hall–Kier alpha value is -2.02. The van der Waals surface area contributed by atoms with Crippen LogP contribution in [-0.2, 0) is 6.18 Å². The number of rotatable bonds is 2. The zero-order valence-electron chi connectivity index (χ0n) is 10.4. The summed E-state index contributed by atoms with van der Waals surface area (Å²) in [5.74, 6) is 5.12. The average Bonchev–Trinajstić information content (AvgIpc) is 2.79. The van der Waals surface area contributed by atoms with Gasteiger partial charge in [0, 0.05) is 5.38 Å². The quantitative estimate of drug-likeness (QED) is 0.503. The van der Waals surface area contributed by atoms with Gasteiger partial charge in [0.25, 0.3) is 0 Å². The van der Waals surface area contributed by atoms with Crippen LogP contribution in [0.3, 0.4) is 0 Å². The number of hydrazone groups is 1. The van der Waals surface area contributed by atoms with Crippen molar-refractivity contribution in [1.29, 1.82) is 0 Å². The third-order valence-electron chi connectivity index (χ3n) is 2.82. The van der Waals surface area contributed by atoms with Gasteiger partial charge in [-0.15, -0.1) is 11.3 Å². The van der Waals surface area contributed by atoms with Gasteiger partial charge in [-0.1, -0.05) is 12.1 Å². The highest BCUT2D eigenvalue weighted by molar-refractivity contribution is 7.14. The first-order chi connectivity index (χ1) is 9.34. The van der Waals surface area contributed by atoms with Gasteiger partial charge >= 0.3 is 6.18 Å². The zero-order chi connectivity index (χ0) is 14.9. The Kier molecular flexibility index (Phi) is 3.71. The lowest BCUT2D eigenvalue weighted by Gasteiger charge is -2.07. The van der Waals surface area contributed by atoms with Crippen LogP contribution in [0.5, 0.6) is 5.75 Å². The van der Waals surface area contributed by atoms with E-state index in [1.165, 1.54) is 23.5 Å². The number of alkyl halides is 3. The molecule has 2 aromatic rings. The summed E-state index contributed by atoms with van der Waals surface area (Å²) in [6.45, 7) is 1.64. The van der Waals surface area contributed by atoms with Crippen molar-refractivity contribution in [3.8, 4) is 16.2 Å². The van der Waals surface area contributed by atoms with E-state index in [4.69, 9.17) is 5.84 Å². The van der Waals surface area contributed by atoms with Gasteiger partial charge in [-0.05, 0) is 24.6 Å². The number of benzene rings is 1. The first-order valence-corrected chi connectivity index (χ1v) is 6.45. The summed E-state index contributed by atoms with van der Waals surface area (Å²) in [6.07, 6.45) is -4.37. The fourth-order valence-corrected chi connectivity index (χ4v) is 2.70. The second-order valence-electron chi connectivity index (χ2n) is 4.12. The van der Waals surface area contributed by atoms with Crippen LogP contribution in [0.4, 0.5) is 13.2 Å². The summed E-state index contributed by atoms with van der Waals surface area (Å²) in [7, 11) is 0. The third kappa shape index (κ3) is 2.62. The van der Waals surface area contributed by atoms with Crippen LogP contribution in [0.25, 0.3) is 10.4 Å². The highest BCUT2D eigenvalue weighted by Gasteiger charge is 2.30. The molecule has 0 fully saturated rings. The number of hydrogen-bond donors (Lipinski definition) is 2. The molecule has 0 saturated carbocycles. The van der Waals surface area contributed by atoms with Crippen molar-refractivity contribution in [2.75, 3.05) is 0 Å². The van der Waals surface area contributed by atoms with Gasteiger partial charge in [0.15, 0.2) is 0 Å². The summed E-state index contributed by atoms with van der Waals surface area (Å²) in [6, 6.07) is 4.62. The number of aromatic hydroxyl groups is 1. The molecule has 0 unspecified atom stereocenters. The maximum atomic E-state index is 12.5. The van der Waals surface area contributed by atoms with Crippen LogP contribution in [0.1, 0.15) is 18.1 Å². The summed E-state index contributed by atoms with van der Waals surface area (Å²) in [5.41, 5.74) is 0.720. The maximum Gasteiger partial charge on any atom is 0.416 e. The minimum atomic E-state index is -4.37. The third-order valence-corrected chi connectivity index (χ3v) is 3.84. The number of nitrogens with two attached hydrogens (primary N) is 1. The first kappa shape index (κ1) is 14.4. The van der Waals surface area contributed by atoms with Crippen molar-refractivity contribution >= 4 is 17.0 Å². The van der Waals surface area contributed by atoms with Crippen molar-refractivity contribution in [3.05, 3.63) is 40.8 Å². The Labute approximate surface area is 117 Å². The van der Waals surface area contributed by atoms with Crippen molar-refractivity contribution in [1.82, 2.24) is 0 Å². The predicted molar refractivity (Wildman–Crippen MR) is 72.8 cm³/mol. The monoisotopic (exact) mass is 300 g/mol. The zero-order valence-corrected chi connectivity index (χ0v) is 11.2. The molecule has 20 heavy (non-hydrogen) atoms. The molecule has 106 valence electrons. The number of hydrogen-bond acceptors (Lipinski definition) is 4. The molecule has 0 radical (unpaired) electrons. The molecule has 0 bridgehead atoms. The normalized spacial score (nSPS) is 12.7. The highest BCUT2D eigenvalue weighted by atomic mass is 32.1. The Morgan fingerprint density at radius 3 is 2.35 bits per heavy atom. The smallest absolute Gasteiger partial charge is 0.416 e. The predicted octanol–water partition coefficient (Wildman–Crippen LogP) is 3.82. The van der Waals surface area contributed by atoms with Gasteiger partial charge in [0.1, 0.15) is 5.75 Å². The van der Waals surface area contributed by atoms with Crippen molar-refractivity contribution in [3.63, 3.8) is 0 Å². The van der Waals surface area contributed by atoms with E-state index in [1.54, 1.807) is 12.3 Å². The maximum absolute atomic E-state index is 12.5. The van der Waals surface area contributed by atoms with Gasteiger partial charge < -0.3 is 10.9 Å². The standard InChI is InChI=1S/C13H11F3N2OS/c1-7(18-17)10-6-20-12(11(10)19)8-2-4-9(5-3-8)13(14,15)16/h2-6,19H,17H2,1H3. The lowest BCUT2D eigenvalue weighted by molar-refractivity contribution is -0.137.